The van der Waals surface area contributed by atoms with Gasteiger partial charge in [-0.15, -0.1) is 0 Å². The van der Waals surface area contributed by atoms with Gasteiger partial charge in [0.25, 0.3) is 0 Å². The van der Waals surface area contributed by atoms with Gasteiger partial charge in [-0.25, -0.2) is 4.39 Å². The van der Waals surface area contributed by atoms with Gasteiger partial charge < -0.3 is 19.8 Å². The quantitative estimate of drug-likeness (QED) is 0.564. The highest BCUT2D eigenvalue weighted by molar-refractivity contribution is 5.89. The number of fused-ring (bicyclic) bond motifs is 1. The SMILES string of the molecule is Cc1cc2c(N3CCN(CC[C@H]4CC[C@H](NC(=O)C[C@H](O)C(F)(F)F)CC4)CC3)noc2cc1F. The summed E-state index contributed by atoms with van der Waals surface area (Å²) in [5.41, 5.74) is 1.02. The molecule has 0 spiro atoms. The molecule has 2 aromatic rings. The molecule has 1 aliphatic heterocycles. The van der Waals surface area contributed by atoms with Crippen LogP contribution in [-0.4, -0.2) is 72.1 Å². The van der Waals surface area contributed by atoms with Crippen molar-refractivity contribution in [1.82, 2.24) is 15.4 Å². The zero-order valence-corrected chi connectivity index (χ0v) is 19.8. The van der Waals surface area contributed by atoms with Crippen LogP contribution in [-0.2, 0) is 4.79 Å². The molecule has 2 N–H and O–H groups in total. The number of nitrogens with one attached hydrogen (secondary N) is 1. The second kappa shape index (κ2) is 10.7. The molecule has 0 radical (unpaired) electrons. The second-order valence-electron chi connectivity index (χ2n) is 9.77. The third kappa shape index (κ3) is 6.43. The molecular formula is C24H32F4N4O3. The van der Waals surface area contributed by atoms with Crippen LogP contribution in [0, 0.1) is 18.7 Å². The highest BCUT2D eigenvalue weighted by Gasteiger charge is 2.39. The summed E-state index contributed by atoms with van der Waals surface area (Å²) in [4.78, 5) is 16.4. The van der Waals surface area contributed by atoms with E-state index in [2.05, 4.69) is 20.3 Å². The van der Waals surface area contributed by atoms with Gasteiger partial charge in [0.2, 0.25) is 5.91 Å². The Hall–Kier alpha value is -2.40. The average molecular weight is 501 g/mol. The molecule has 1 saturated heterocycles. The number of halogens is 4. The molecule has 2 aliphatic rings. The number of carbonyl (C=O) groups is 1. The minimum atomic E-state index is -4.78. The minimum absolute atomic E-state index is 0.128. The third-order valence-corrected chi connectivity index (χ3v) is 7.23. The number of carbonyl (C=O) groups excluding carboxylic acids is 1. The van der Waals surface area contributed by atoms with Crippen LogP contribution in [0.4, 0.5) is 23.4 Å². The number of anilines is 1. The molecule has 0 bridgehead atoms. The van der Waals surface area contributed by atoms with Crippen molar-refractivity contribution in [3.63, 3.8) is 0 Å². The van der Waals surface area contributed by atoms with E-state index >= 15 is 0 Å². The molecule has 1 atom stereocenters. The highest BCUT2D eigenvalue weighted by atomic mass is 19.4. The lowest BCUT2D eigenvalue weighted by Crippen LogP contribution is -2.47. The molecule has 7 nitrogen and oxygen atoms in total. The van der Waals surface area contributed by atoms with Gasteiger partial charge in [0.1, 0.15) is 5.82 Å². The number of hydrogen-bond donors (Lipinski definition) is 2. The summed E-state index contributed by atoms with van der Waals surface area (Å²) in [6.45, 7) is 6.09. The average Bonchev–Trinajstić information content (AvgIpc) is 3.21. The van der Waals surface area contributed by atoms with Crippen molar-refractivity contribution in [2.24, 2.45) is 5.92 Å². The summed E-state index contributed by atoms with van der Waals surface area (Å²) in [6.07, 6.45) is -3.97. The van der Waals surface area contributed by atoms with Gasteiger partial charge in [-0.05, 0) is 63.1 Å². The van der Waals surface area contributed by atoms with Crippen molar-refractivity contribution in [3.8, 4) is 0 Å². The van der Waals surface area contributed by atoms with E-state index in [0.29, 0.717) is 17.1 Å². The number of aromatic nitrogens is 1. The fourth-order valence-corrected chi connectivity index (χ4v) is 5.01. The molecule has 1 saturated carbocycles. The highest BCUT2D eigenvalue weighted by Crippen LogP contribution is 2.30. The number of hydrogen-bond acceptors (Lipinski definition) is 6. The Kier molecular flexibility index (Phi) is 7.85. The van der Waals surface area contributed by atoms with E-state index in [1.807, 2.05) is 0 Å². The molecule has 35 heavy (non-hydrogen) atoms. The number of rotatable bonds is 7. The summed E-state index contributed by atoms with van der Waals surface area (Å²) in [5, 5.41) is 16.7. The summed E-state index contributed by atoms with van der Waals surface area (Å²) in [6, 6.07) is 3.03. The van der Waals surface area contributed by atoms with Crippen LogP contribution in [0.2, 0.25) is 0 Å². The Balaban J connectivity index is 1.16. The number of nitrogens with zero attached hydrogens (tertiary/aromatic N) is 3. The van der Waals surface area contributed by atoms with Gasteiger partial charge in [-0.2, -0.15) is 13.2 Å². The topological polar surface area (TPSA) is 81.8 Å². The Morgan fingerprint density at radius 2 is 1.89 bits per heavy atom. The Bertz CT molecular complexity index is 1010. The zero-order valence-electron chi connectivity index (χ0n) is 19.8. The second-order valence-corrected chi connectivity index (χ2v) is 9.77. The summed E-state index contributed by atoms with van der Waals surface area (Å²) < 4.78 is 56.3. The van der Waals surface area contributed by atoms with Gasteiger partial charge in [0, 0.05) is 38.3 Å². The number of aliphatic hydroxyl groups is 1. The molecule has 11 heteroatoms. The molecule has 194 valence electrons. The lowest BCUT2D eigenvalue weighted by Gasteiger charge is -2.36. The van der Waals surface area contributed by atoms with Crippen molar-refractivity contribution in [2.45, 2.75) is 63.8 Å². The lowest BCUT2D eigenvalue weighted by molar-refractivity contribution is -0.206. The first-order valence-corrected chi connectivity index (χ1v) is 12.2. The fourth-order valence-electron chi connectivity index (χ4n) is 5.01. The molecule has 1 aromatic heterocycles. The first-order valence-electron chi connectivity index (χ1n) is 12.2. The van der Waals surface area contributed by atoms with E-state index in [0.717, 1.165) is 76.0 Å². The fraction of sp³-hybridized carbons (Fsp3) is 0.667. The molecule has 2 fully saturated rings. The number of amides is 1. The molecule has 0 unspecified atom stereocenters. The molecule has 1 aliphatic carbocycles. The number of aryl methyl sites for hydroxylation is 1. The van der Waals surface area contributed by atoms with E-state index in [4.69, 9.17) is 9.63 Å². The van der Waals surface area contributed by atoms with Crippen LogP contribution >= 0.6 is 0 Å². The van der Waals surface area contributed by atoms with Crippen LogP contribution in [0.15, 0.2) is 16.7 Å². The van der Waals surface area contributed by atoms with Crippen LogP contribution in [0.5, 0.6) is 0 Å². The molecule has 1 amide bonds. The molecule has 4 rings (SSSR count). The largest absolute Gasteiger partial charge is 0.414 e. The summed E-state index contributed by atoms with van der Waals surface area (Å²) in [7, 11) is 0. The number of alkyl halides is 3. The van der Waals surface area contributed by atoms with Crippen LogP contribution in [0.1, 0.15) is 44.1 Å². The Morgan fingerprint density at radius 3 is 2.54 bits per heavy atom. The van der Waals surface area contributed by atoms with E-state index in [1.165, 1.54) is 6.07 Å². The summed E-state index contributed by atoms with van der Waals surface area (Å²) >= 11 is 0. The van der Waals surface area contributed by atoms with E-state index < -0.39 is 24.6 Å². The van der Waals surface area contributed by atoms with Crippen molar-refractivity contribution in [3.05, 3.63) is 23.5 Å². The standard InChI is InChI=1S/C24H32F4N4O3/c1-15-12-18-20(13-19(15)25)35-30-23(18)32-10-8-31(9-11-32)7-6-16-2-4-17(5-3-16)29-22(34)14-21(33)24(26,27)28/h12-13,16-17,21,33H,2-11,14H2,1H3,(H,29,34)/t16-,17-,21-/m0/s1. The van der Waals surface area contributed by atoms with Crippen LogP contribution in [0.25, 0.3) is 11.0 Å². The van der Waals surface area contributed by atoms with E-state index in [-0.39, 0.29) is 11.9 Å². The van der Waals surface area contributed by atoms with Gasteiger partial charge in [-0.1, -0.05) is 5.16 Å². The number of benzene rings is 1. The van der Waals surface area contributed by atoms with Gasteiger partial charge in [0.05, 0.1) is 11.8 Å². The Morgan fingerprint density at radius 1 is 1.20 bits per heavy atom. The maximum Gasteiger partial charge on any atom is 0.414 e. The third-order valence-electron chi connectivity index (χ3n) is 7.23. The van der Waals surface area contributed by atoms with Crippen molar-refractivity contribution in [2.75, 3.05) is 37.6 Å². The van der Waals surface area contributed by atoms with Crippen LogP contribution in [0.3, 0.4) is 0 Å². The smallest absolute Gasteiger partial charge is 0.383 e. The number of piperazine rings is 1. The Labute approximate surface area is 201 Å². The molecule has 1 aromatic carbocycles. The lowest BCUT2D eigenvalue weighted by atomic mass is 9.84. The predicted molar refractivity (Wildman–Crippen MR) is 123 cm³/mol. The summed E-state index contributed by atoms with van der Waals surface area (Å²) in [5.74, 6) is 0.225. The molecular weight excluding hydrogens is 468 g/mol. The zero-order chi connectivity index (χ0) is 25.2. The first-order chi connectivity index (χ1) is 16.6. The van der Waals surface area contributed by atoms with Crippen LogP contribution < -0.4 is 10.2 Å². The van der Waals surface area contributed by atoms with Crippen molar-refractivity contribution in [1.29, 1.82) is 0 Å². The van der Waals surface area contributed by atoms with E-state index in [9.17, 15) is 22.4 Å². The van der Waals surface area contributed by atoms with Gasteiger partial charge in [0.15, 0.2) is 17.5 Å². The molecule has 2 heterocycles. The van der Waals surface area contributed by atoms with Gasteiger partial charge in [-0.3, -0.25) is 9.69 Å². The normalized spacial score (nSPS) is 23.0. The van der Waals surface area contributed by atoms with E-state index in [1.54, 1.807) is 13.0 Å². The minimum Gasteiger partial charge on any atom is -0.383 e. The number of aliphatic hydroxyl groups excluding tert-OH is 1. The monoisotopic (exact) mass is 500 g/mol. The maximum atomic E-state index is 13.8. The van der Waals surface area contributed by atoms with Gasteiger partial charge >= 0.3 is 6.18 Å². The maximum absolute atomic E-state index is 13.8. The van der Waals surface area contributed by atoms with Crippen molar-refractivity contribution >= 4 is 22.7 Å². The first kappa shape index (κ1) is 25.7. The van der Waals surface area contributed by atoms with Crippen molar-refractivity contribution < 1.29 is 32.0 Å². The predicted octanol–water partition coefficient (Wildman–Crippen LogP) is 3.78.